The predicted octanol–water partition coefficient (Wildman–Crippen LogP) is 4.11. The molecule has 2 aliphatic rings. The van der Waals surface area contributed by atoms with Crippen LogP contribution >= 0.6 is 0 Å². The molecule has 2 rings (SSSR count). The van der Waals surface area contributed by atoms with E-state index in [0.29, 0.717) is 6.04 Å². The Balaban J connectivity index is 1.72. The molecule has 16 heavy (non-hydrogen) atoms. The van der Waals surface area contributed by atoms with Crippen LogP contribution in [0, 0.1) is 17.8 Å². The second kappa shape index (κ2) is 6.05. The third-order valence-electron chi connectivity index (χ3n) is 5.07. The molecule has 0 amide bonds. The fraction of sp³-hybridized carbons (Fsp3) is 1.00. The molecule has 0 aromatic rings. The van der Waals surface area contributed by atoms with E-state index in [1.165, 1.54) is 64.2 Å². The molecular formula is C15H29N. The first-order valence-corrected chi connectivity index (χ1v) is 7.55. The Labute approximate surface area is 101 Å². The highest BCUT2D eigenvalue weighted by molar-refractivity contribution is 4.82. The normalized spacial score (nSPS) is 40.9. The summed E-state index contributed by atoms with van der Waals surface area (Å²) < 4.78 is 0. The van der Waals surface area contributed by atoms with E-state index >= 15 is 0 Å². The maximum atomic E-state index is 5.99. The van der Waals surface area contributed by atoms with E-state index in [-0.39, 0.29) is 0 Å². The zero-order valence-corrected chi connectivity index (χ0v) is 11.0. The minimum Gasteiger partial charge on any atom is -0.328 e. The lowest BCUT2D eigenvalue weighted by molar-refractivity contribution is 0.157. The molecule has 0 aliphatic heterocycles. The monoisotopic (exact) mass is 223 g/mol. The first-order valence-electron chi connectivity index (χ1n) is 7.55. The van der Waals surface area contributed by atoms with Crippen LogP contribution in [-0.4, -0.2) is 6.04 Å². The van der Waals surface area contributed by atoms with Crippen molar-refractivity contribution in [1.82, 2.24) is 0 Å². The van der Waals surface area contributed by atoms with E-state index in [9.17, 15) is 0 Å². The quantitative estimate of drug-likeness (QED) is 0.765. The van der Waals surface area contributed by atoms with Gasteiger partial charge >= 0.3 is 0 Å². The van der Waals surface area contributed by atoms with Gasteiger partial charge in [0, 0.05) is 6.04 Å². The van der Waals surface area contributed by atoms with Crippen molar-refractivity contribution >= 4 is 0 Å². The lowest BCUT2D eigenvalue weighted by Gasteiger charge is -2.37. The first-order chi connectivity index (χ1) is 7.79. The molecule has 0 saturated heterocycles. The molecule has 2 N–H and O–H groups in total. The zero-order chi connectivity index (χ0) is 11.4. The molecule has 0 aromatic carbocycles. The molecule has 1 nitrogen and oxygen atoms in total. The summed E-state index contributed by atoms with van der Waals surface area (Å²) in [4.78, 5) is 0. The third kappa shape index (κ3) is 3.23. The molecule has 0 atom stereocenters. The molecule has 0 radical (unpaired) electrons. The fourth-order valence-corrected chi connectivity index (χ4v) is 3.97. The molecule has 0 heterocycles. The Morgan fingerprint density at radius 1 is 0.812 bits per heavy atom. The van der Waals surface area contributed by atoms with E-state index in [2.05, 4.69) is 6.92 Å². The lowest BCUT2D eigenvalue weighted by atomic mass is 9.70. The smallest absolute Gasteiger partial charge is 0.00390 e. The summed E-state index contributed by atoms with van der Waals surface area (Å²) in [5, 5.41) is 0. The van der Waals surface area contributed by atoms with Gasteiger partial charge in [-0.1, -0.05) is 32.6 Å². The SMILES string of the molecule is CCCC1CCC(C2CCC(N)CC2)CC1. The summed E-state index contributed by atoms with van der Waals surface area (Å²) in [7, 11) is 0. The molecule has 2 fully saturated rings. The van der Waals surface area contributed by atoms with Gasteiger partial charge in [-0.3, -0.25) is 0 Å². The van der Waals surface area contributed by atoms with Gasteiger partial charge in [0.2, 0.25) is 0 Å². The summed E-state index contributed by atoms with van der Waals surface area (Å²) in [5.41, 5.74) is 5.99. The first kappa shape index (κ1) is 12.4. The van der Waals surface area contributed by atoms with Crippen LogP contribution in [0.2, 0.25) is 0 Å². The van der Waals surface area contributed by atoms with Gasteiger partial charge < -0.3 is 5.73 Å². The van der Waals surface area contributed by atoms with Crippen LogP contribution in [0.4, 0.5) is 0 Å². The summed E-state index contributed by atoms with van der Waals surface area (Å²) in [5.74, 6) is 3.15. The molecule has 0 aromatic heterocycles. The Hall–Kier alpha value is -0.0400. The zero-order valence-electron chi connectivity index (χ0n) is 11.0. The van der Waals surface area contributed by atoms with E-state index in [1.807, 2.05) is 0 Å². The van der Waals surface area contributed by atoms with Crippen LogP contribution in [0.25, 0.3) is 0 Å². The standard InChI is InChI=1S/C15H29N/c1-2-3-12-4-6-13(7-5-12)14-8-10-15(16)11-9-14/h12-15H,2-11,16H2,1H3. The third-order valence-corrected chi connectivity index (χ3v) is 5.07. The number of nitrogens with two attached hydrogens (primary N) is 1. The van der Waals surface area contributed by atoms with Gasteiger partial charge in [-0.25, -0.2) is 0 Å². The van der Waals surface area contributed by atoms with Crippen LogP contribution in [0.3, 0.4) is 0 Å². The fourth-order valence-electron chi connectivity index (χ4n) is 3.97. The minimum atomic E-state index is 0.521. The molecule has 2 saturated carbocycles. The van der Waals surface area contributed by atoms with Gasteiger partial charge in [0.15, 0.2) is 0 Å². The molecule has 0 unspecified atom stereocenters. The van der Waals surface area contributed by atoms with Gasteiger partial charge in [0.25, 0.3) is 0 Å². The van der Waals surface area contributed by atoms with Crippen molar-refractivity contribution in [2.75, 3.05) is 0 Å². The highest BCUT2D eigenvalue weighted by Crippen LogP contribution is 2.40. The summed E-state index contributed by atoms with van der Waals surface area (Å²) in [6.07, 6.45) is 14.3. The molecule has 0 bridgehead atoms. The van der Waals surface area contributed by atoms with Crippen molar-refractivity contribution in [2.45, 2.75) is 77.2 Å². The summed E-state index contributed by atoms with van der Waals surface area (Å²) >= 11 is 0. The van der Waals surface area contributed by atoms with E-state index in [4.69, 9.17) is 5.73 Å². The molecule has 1 heteroatoms. The second-order valence-corrected chi connectivity index (χ2v) is 6.24. The minimum absolute atomic E-state index is 0.521. The van der Waals surface area contributed by atoms with Crippen molar-refractivity contribution in [2.24, 2.45) is 23.5 Å². The van der Waals surface area contributed by atoms with Crippen molar-refractivity contribution in [3.63, 3.8) is 0 Å². The van der Waals surface area contributed by atoms with Crippen LogP contribution in [0.5, 0.6) is 0 Å². The summed E-state index contributed by atoms with van der Waals surface area (Å²) in [6.45, 7) is 2.33. The van der Waals surface area contributed by atoms with Gasteiger partial charge in [0.1, 0.15) is 0 Å². The van der Waals surface area contributed by atoms with Crippen molar-refractivity contribution in [1.29, 1.82) is 0 Å². The highest BCUT2D eigenvalue weighted by Gasteiger charge is 2.29. The maximum absolute atomic E-state index is 5.99. The molecule has 0 spiro atoms. The van der Waals surface area contributed by atoms with Crippen LogP contribution in [0.15, 0.2) is 0 Å². The lowest BCUT2D eigenvalue weighted by Crippen LogP contribution is -2.31. The Bertz CT molecular complexity index is 186. The second-order valence-electron chi connectivity index (χ2n) is 6.24. The van der Waals surface area contributed by atoms with Crippen molar-refractivity contribution < 1.29 is 0 Å². The van der Waals surface area contributed by atoms with Crippen LogP contribution in [0.1, 0.15) is 71.1 Å². The van der Waals surface area contributed by atoms with Gasteiger partial charge in [-0.15, -0.1) is 0 Å². The Morgan fingerprint density at radius 3 is 1.81 bits per heavy atom. The van der Waals surface area contributed by atoms with Crippen LogP contribution in [-0.2, 0) is 0 Å². The maximum Gasteiger partial charge on any atom is 0.00390 e. The average molecular weight is 223 g/mol. The number of rotatable bonds is 3. The molecular weight excluding hydrogens is 194 g/mol. The largest absolute Gasteiger partial charge is 0.328 e. The number of hydrogen-bond acceptors (Lipinski definition) is 1. The van der Waals surface area contributed by atoms with Crippen molar-refractivity contribution in [3.05, 3.63) is 0 Å². The van der Waals surface area contributed by atoms with E-state index < -0.39 is 0 Å². The van der Waals surface area contributed by atoms with Crippen LogP contribution < -0.4 is 5.73 Å². The Morgan fingerprint density at radius 2 is 1.31 bits per heavy atom. The highest BCUT2D eigenvalue weighted by atomic mass is 14.6. The predicted molar refractivity (Wildman–Crippen MR) is 70.3 cm³/mol. The van der Waals surface area contributed by atoms with Gasteiger partial charge in [0.05, 0.1) is 0 Å². The van der Waals surface area contributed by atoms with E-state index in [0.717, 1.165) is 17.8 Å². The average Bonchev–Trinajstić information content (AvgIpc) is 2.32. The van der Waals surface area contributed by atoms with Gasteiger partial charge in [-0.05, 0) is 56.3 Å². The van der Waals surface area contributed by atoms with E-state index in [1.54, 1.807) is 0 Å². The molecule has 2 aliphatic carbocycles. The number of hydrogen-bond donors (Lipinski definition) is 1. The molecule has 94 valence electrons. The van der Waals surface area contributed by atoms with Gasteiger partial charge in [-0.2, -0.15) is 0 Å². The summed E-state index contributed by atoms with van der Waals surface area (Å²) in [6, 6.07) is 0.521. The van der Waals surface area contributed by atoms with Crippen molar-refractivity contribution in [3.8, 4) is 0 Å². The Kier molecular flexibility index (Phi) is 4.69. The topological polar surface area (TPSA) is 26.0 Å².